The van der Waals surface area contributed by atoms with Gasteiger partial charge in [-0.1, -0.05) is 23.9 Å². The van der Waals surface area contributed by atoms with E-state index in [-0.39, 0.29) is 23.0 Å². The number of anilines is 2. The Morgan fingerprint density at radius 2 is 1.79 bits per heavy atom. The average molecular weight is 466 g/mol. The monoisotopic (exact) mass is 465 g/mol. The fraction of sp³-hybridized carbons (Fsp3) is 0.400. The van der Waals surface area contributed by atoms with E-state index in [1.807, 2.05) is 23.6 Å². The molecule has 0 spiro atoms. The summed E-state index contributed by atoms with van der Waals surface area (Å²) < 4.78 is 16.4. The van der Waals surface area contributed by atoms with Crippen LogP contribution in [0.4, 0.5) is 15.8 Å². The number of hydrogen-bond acceptors (Lipinski definition) is 5. The number of carbonyl (C=O) groups is 1. The highest BCUT2D eigenvalue weighted by atomic mass is 32.2. The molecule has 1 amide bonds. The van der Waals surface area contributed by atoms with Gasteiger partial charge in [-0.15, -0.1) is 10.2 Å². The van der Waals surface area contributed by atoms with Crippen molar-refractivity contribution in [2.24, 2.45) is 0 Å². The van der Waals surface area contributed by atoms with Crippen LogP contribution in [0, 0.1) is 5.82 Å². The minimum absolute atomic E-state index is 0.0940. The van der Waals surface area contributed by atoms with Crippen molar-refractivity contribution in [2.45, 2.75) is 55.5 Å². The van der Waals surface area contributed by atoms with Crippen molar-refractivity contribution < 1.29 is 9.18 Å². The SMILES string of the molecule is CC(Sc1nnc(-c2ccccc2F)n1C1CC1)C(=O)Nc1ccc(N2CCCCC2)cc1. The van der Waals surface area contributed by atoms with Crippen molar-refractivity contribution in [3.8, 4) is 11.4 Å². The first-order valence-corrected chi connectivity index (χ1v) is 12.5. The number of thioether (sulfide) groups is 1. The zero-order valence-corrected chi connectivity index (χ0v) is 19.5. The molecule has 5 rings (SSSR count). The summed E-state index contributed by atoms with van der Waals surface area (Å²) in [4.78, 5) is 15.3. The lowest BCUT2D eigenvalue weighted by Crippen LogP contribution is -2.29. The summed E-state index contributed by atoms with van der Waals surface area (Å²) >= 11 is 1.36. The predicted octanol–water partition coefficient (Wildman–Crippen LogP) is 5.53. The minimum atomic E-state index is -0.373. The number of rotatable bonds is 7. The lowest BCUT2D eigenvalue weighted by atomic mass is 10.1. The van der Waals surface area contributed by atoms with Crippen LogP contribution in [0.15, 0.2) is 53.7 Å². The van der Waals surface area contributed by atoms with Crippen molar-refractivity contribution >= 4 is 29.0 Å². The number of amides is 1. The summed E-state index contributed by atoms with van der Waals surface area (Å²) in [6.45, 7) is 4.04. The molecule has 1 saturated heterocycles. The fourth-order valence-electron chi connectivity index (χ4n) is 4.21. The lowest BCUT2D eigenvalue weighted by molar-refractivity contribution is -0.115. The van der Waals surface area contributed by atoms with Crippen LogP contribution >= 0.6 is 11.8 Å². The minimum Gasteiger partial charge on any atom is -0.372 e. The second-order valence-electron chi connectivity index (χ2n) is 8.73. The third-order valence-electron chi connectivity index (χ3n) is 6.20. The molecule has 1 N–H and O–H groups in total. The summed E-state index contributed by atoms with van der Waals surface area (Å²) in [6, 6.07) is 14.9. The van der Waals surface area contributed by atoms with E-state index in [2.05, 4.69) is 32.5 Å². The quantitative estimate of drug-likeness (QED) is 0.465. The molecule has 172 valence electrons. The van der Waals surface area contributed by atoms with Gasteiger partial charge in [0.05, 0.1) is 10.8 Å². The zero-order chi connectivity index (χ0) is 22.8. The molecule has 6 nitrogen and oxygen atoms in total. The summed E-state index contributed by atoms with van der Waals surface area (Å²) in [5.74, 6) is 0.115. The van der Waals surface area contributed by atoms with E-state index >= 15 is 0 Å². The number of hydrogen-bond donors (Lipinski definition) is 1. The predicted molar refractivity (Wildman–Crippen MR) is 130 cm³/mol. The van der Waals surface area contributed by atoms with Gasteiger partial charge in [0.15, 0.2) is 11.0 Å². The van der Waals surface area contributed by atoms with Crippen molar-refractivity contribution in [3.05, 3.63) is 54.3 Å². The topological polar surface area (TPSA) is 63.1 Å². The third kappa shape index (κ3) is 4.90. The summed E-state index contributed by atoms with van der Waals surface area (Å²) in [7, 11) is 0. The van der Waals surface area contributed by atoms with Gasteiger partial charge in [-0.05, 0) is 75.4 Å². The number of nitrogens with zero attached hydrogens (tertiary/aromatic N) is 4. The van der Waals surface area contributed by atoms with E-state index in [0.29, 0.717) is 16.5 Å². The Hall–Kier alpha value is -2.87. The molecule has 1 saturated carbocycles. The van der Waals surface area contributed by atoms with E-state index in [0.717, 1.165) is 31.6 Å². The maximum Gasteiger partial charge on any atom is 0.237 e. The first-order valence-electron chi connectivity index (χ1n) is 11.6. The largest absolute Gasteiger partial charge is 0.372 e. The van der Waals surface area contributed by atoms with Gasteiger partial charge in [0.25, 0.3) is 0 Å². The van der Waals surface area contributed by atoms with Crippen LogP contribution in [0.1, 0.15) is 45.1 Å². The van der Waals surface area contributed by atoms with E-state index in [1.54, 1.807) is 18.2 Å². The van der Waals surface area contributed by atoms with E-state index < -0.39 is 0 Å². The molecule has 2 fully saturated rings. The summed E-state index contributed by atoms with van der Waals surface area (Å²) in [5.41, 5.74) is 2.42. The molecular formula is C25H28FN5OS. The van der Waals surface area contributed by atoms with E-state index in [4.69, 9.17) is 0 Å². The molecule has 1 aliphatic carbocycles. The first kappa shape index (κ1) is 21.9. The number of nitrogens with one attached hydrogen (secondary N) is 1. The summed E-state index contributed by atoms with van der Waals surface area (Å²) in [5, 5.41) is 11.9. The number of carbonyl (C=O) groups excluding carboxylic acids is 1. The molecule has 3 aromatic rings. The van der Waals surface area contributed by atoms with Crippen LogP contribution in [0.5, 0.6) is 0 Å². The number of benzene rings is 2. The van der Waals surface area contributed by atoms with Crippen LogP contribution in [0.3, 0.4) is 0 Å². The van der Waals surface area contributed by atoms with Gasteiger partial charge in [0, 0.05) is 30.5 Å². The lowest BCUT2D eigenvalue weighted by Gasteiger charge is -2.28. The maximum atomic E-state index is 14.4. The molecule has 33 heavy (non-hydrogen) atoms. The van der Waals surface area contributed by atoms with Crippen molar-refractivity contribution in [1.29, 1.82) is 0 Å². The van der Waals surface area contributed by atoms with Crippen LogP contribution in [-0.2, 0) is 4.79 Å². The first-order chi connectivity index (χ1) is 16.1. The Labute approximate surface area is 197 Å². The smallest absolute Gasteiger partial charge is 0.237 e. The highest BCUT2D eigenvalue weighted by Gasteiger charge is 2.32. The Morgan fingerprint density at radius 1 is 1.06 bits per heavy atom. The molecule has 2 aromatic carbocycles. The zero-order valence-electron chi connectivity index (χ0n) is 18.7. The standard InChI is InChI=1S/C25H28FN5OS/c1-17(24(32)27-18-9-11-19(12-10-18)30-15-5-2-6-16-30)33-25-29-28-23(31(25)20-13-14-20)21-7-3-4-8-22(21)26/h3-4,7-12,17,20H,2,5-6,13-16H2,1H3,(H,27,32). The van der Waals surface area contributed by atoms with Crippen LogP contribution in [0.2, 0.25) is 0 Å². The Kier molecular flexibility index (Phi) is 6.35. The fourth-order valence-corrected chi connectivity index (χ4v) is 5.13. The number of piperidine rings is 1. The van der Waals surface area contributed by atoms with Gasteiger partial charge in [-0.2, -0.15) is 0 Å². The highest BCUT2D eigenvalue weighted by Crippen LogP contribution is 2.42. The highest BCUT2D eigenvalue weighted by molar-refractivity contribution is 8.00. The van der Waals surface area contributed by atoms with Gasteiger partial charge in [0.1, 0.15) is 5.82 Å². The maximum absolute atomic E-state index is 14.4. The third-order valence-corrected chi connectivity index (χ3v) is 7.26. The average Bonchev–Trinajstić information content (AvgIpc) is 3.60. The summed E-state index contributed by atoms with van der Waals surface area (Å²) in [6.07, 6.45) is 5.79. The van der Waals surface area contributed by atoms with Crippen LogP contribution < -0.4 is 10.2 Å². The normalized spacial score (nSPS) is 17.1. The van der Waals surface area contributed by atoms with Gasteiger partial charge >= 0.3 is 0 Å². The molecular weight excluding hydrogens is 437 g/mol. The molecule has 2 heterocycles. The molecule has 1 aromatic heterocycles. The van der Waals surface area contributed by atoms with E-state index in [1.165, 1.54) is 42.8 Å². The Balaban J connectivity index is 1.26. The molecule has 8 heteroatoms. The molecule has 2 aliphatic rings. The molecule has 1 aliphatic heterocycles. The molecule has 0 radical (unpaired) electrons. The second kappa shape index (κ2) is 9.55. The van der Waals surface area contributed by atoms with Crippen molar-refractivity contribution in [1.82, 2.24) is 14.8 Å². The van der Waals surface area contributed by atoms with Gasteiger partial charge < -0.3 is 10.2 Å². The Morgan fingerprint density at radius 3 is 2.48 bits per heavy atom. The van der Waals surface area contributed by atoms with Gasteiger partial charge in [0.2, 0.25) is 5.91 Å². The molecule has 1 atom stereocenters. The number of aromatic nitrogens is 3. The second-order valence-corrected chi connectivity index (χ2v) is 10.0. The van der Waals surface area contributed by atoms with E-state index in [9.17, 15) is 9.18 Å². The van der Waals surface area contributed by atoms with Gasteiger partial charge in [-0.3, -0.25) is 9.36 Å². The van der Waals surface area contributed by atoms with Crippen molar-refractivity contribution in [2.75, 3.05) is 23.3 Å². The van der Waals surface area contributed by atoms with Crippen LogP contribution in [-0.4, -0.2) is 39.0 Å². The van der Waals surface area contributed by atoms with Gasteiger partial charge in [-0.25, -0.2) is 4.39 Å². The number of halogens is 1. The van der Waals surface area contributed by atoms with Crippen molar-refractivity contribution in [3.63, 3.8) is 0 Å². The molecule has 0 bridgehead atoms. The van der Waals surface area contributed by atoms with Crippen LogP contribution in [0.25, 0.3) is 11.4 Å². The molecule has 1 unspecified atom stereocenters. The Bertz CT molecular complexity index is 1120.